The van der Waals surface area contributed by atoms with Crippen LogP contribution in [-0.4, -0.2) is 46.3 Å². The lowest BCUT2D eigenvalue weighted by atomic mass is 10.2. The zero-order chi connectivity index (χ0) is 16.7. The highest BCUT2D eigenvalue weighted by molar-refractivity contribution is 5.92. The molecule has 2 aliphatic heterocycles. The quantitative estimate of drug-likeness (QED) is 0.650. The molecule has 2 fully saturated rings. The summed E-state index contributed by atoms with van der Waals surface area (Å²) in [6, 6.07) is 7.19. The molecule has 0 aliphatic carbocycles. The molecule has 0 unspecified atom stereocenters. The van der Waals surface area contributed by atoms with Gasteiger partial charge in [-0.15, -0.1) is 0 Å². The van der Waals surface area contributed by atoms with E-state index in [2.05, 4.69) is 19.8 Å². The molecule has 0 saturated carbocycles. The first kappa shape index (κ1) is 14.8. The zero-order valence-corrected chi connectivity index (χ0v) is 12.8. The average molecular weight is 329 g/mol. The maximum Gasteiger partial charge on any atom is 0.277 e. The van der Waals surface area contributed by atoms with Gasteiger partial charge >= 0.3 is 0 Å². The number of amides is 1. The minimum absolute atomic E-state index is 0.207. The molecule has 2 N–H and O–H groups in total. The van der Waals surface area contributed by atoms with E-state index in [0.717, 1.165) is 25.2 Å². The van der Waals surface area contributed by atoms with Crippen molar-refractivity contribution in [2.24, 2.45) is 0 Å². The van der Waals surface area contributed by atoms with Crippen molar-refractivity contribution in [2.45, 2.75) is 18.5 Å². The van der Waals surface area contributed by atoms with Crippen LogP contribution in [-0.2, 0) is 0 Å². The standard InChI is InChI=1S/C16H16FN5O2/c17-11-1-3-12(4-2-11)21-8-14-5-13(21)9-22(14)16-18-6-10(7-19-16)15(23)20-24/h1-4,6-7,13-14,24H,5,8-9H2,(H,20,23)/t13-,14-/m0/s1. The van der Waals surface area contributed by atoms with Crippen molar-refractivity contribution in [3.05, 3.63) is 48.0 Å². The SMILES string of the molecule is O=C(NO)c1cnc(N2C[C@@H]3C[C@H]2CN3c2ccc(F)cc2)nc1. The molecule has 1 aromatic carbocycles. The number of nitrogens with one attached hydrogen (secondary N) is 1. The summed E-state index contributed by atoms with van der Waals surface area (Å²) in [6.07, 6.45) is 3.80. The minimum Gasteiger partial charge on any atom is -0.365 e. The number of carbonyl (C=O) groups excluding carboxylic acids is 1. The van der Waals surface area contributed by atoms with Gasteiger partial charge in [0, 0.05) is 37.2 Å². The van der Waals surface area contributed by atoms with Crippen LogP contribution in [0.2, 0.25) is 0 Å². The molecular weight excluding hydrogens is 313 g/mol. The molecule has 2 atom stereocenters. The van der Waals surface area contributed by atoms with E-state index in [-0.39, 0.29) is 17.4 Å². The number of aromatic nitrogens is 2. The normalized spacial score (nSPS) is 22.1. The van der Waals surface area contributed by atoms with Crippen molar-refractivity contribution in [1.29, 1.82) is 0 Å². The summed E-state index contributed by atoms with van der Waals surface area (Å²) in [5.74, 6) is -0.284. The van der Waals surface area contributed by atoms with E-state index in [9.17, 15) is 9.18 Å². The second-order valence-corrected chi connectivity index (χ2v) is 6.04. The highest BCUT2D eigenvalue weighted by Gasteiger charge is 2.44. The van der Waals surface area contributed by atoms with Crippen molar-refractivity contribution in [1.82, 2.24) is 15.4 Å². The molecule has 2 aliphatic rings. The molecule has 1 amide bonds. The molecule has 124 valence electrons. The molecule has 0 spiro atoms. The Morgan fingerprint density at radius 1 is 1.12 bits per heavy atom. The number of anilines is 2. The van der Waals surface area contributed by atoms with Crippen molar-refractivity contribution in [3.63, 3.8) is 0 Å². The Kier molecular flexibility index (Phi) is 3.53. The fraction of sp³-hybridized carbons (Fsp3) is 0.312. The fourth-order valence-corrected chi connectivity index (χ4v) is 3.51. The third-order valence-corrected chi connectivity index (χ3v) is 4.66. The second-order valence-electron chi connectivity index (χ2n) is 6.04. The first-order valence-corrected chi connectivity index (χ1v) is 7.71. The van der Waals surface area contributed by atoms with Gasteiger partial charge in [-0.2, -0.15) is 0 Å². The van der Waals surface area contributed by atoms with Crippen LogP contribution in [0.4, 0.5) is 16.0 Å². The van der Waals surface area contributed by atoms with Crippen molar-refractivity contribution in [2.75, 3.05) is 22.9 Å². The summed E-state index contributed by atoms with van der Waals surface area (Å²) in [5.41, 5.74) is 2.79. The predicted octanol–water partition coefficient (Wildman–Crippen LogP) is 1.20. The molecule has 3 heterocycles. The van der Waals surface area contributed by atoms with E-state index in [1.165, 1.54) is 24.5 Å². The summed E-state index contributed by atoms with van der Waals surface area (Å²) >= 11 is 0. The number of hydrogen-bond acceptors (Lipinski definition) is 6. The first-order valence-electron chi connectivity index (χ1n) is 7.71. The Balaban J connectivity index is 1.48. The van der Waals surface area contributed by atoms with Crippen molar-refractivity contribution >= 4 is 17.5 Å². The van der Waals surface area contributed by atoms with Gasteiger partial charge in [-0.05, 0) is 30.7 Å². The molecule has 7 nitrogen and oxygen atoms in total. The van der Waals surface area contributed by atoms with Gasteiger partial charge in [0.05, 0.1) is 11.6 Å². The number of nitrogens with zero attached hydrogens (tertiary/aromatic N) is 4. The minimum atomic E-state index is -0.632. The largest absolute Gasteiger partial charge is 0.365 e. The molecule has 4 rings (SSSR count). The lowest BCUT2D eigenvalue weighted by Gasteiger charge is -2.35. The molecule has 2 aromatic rings. The summed E-state index contributed by atoms with van der Waals surface area (Å²) in [6.45, 7) is 1.62. The Labute approximate surface area is 137 Å². The van der Waals surface area contributed by atoms with E-state index in [1.807, 2.05) is 0 Å². The van der Waals surface area contributed by atoms with Gasteiger partial charge in [-0.3, -0.25) is 10.0 Å². The molecule has 24 heavy (non-hydrogen) atoms. The zero-order valence-electron chi connectivity index (χ0n) is 12.8. The topological polar surface area (TPSA) is 81.6 Å². The Bertz CT molecular complexity index is 752. The third-order valence-electron chi connectivity index (χ3n) is 4.66. The average Bonchev–Trinajstić information content (AvgIpc) is 3.22. The van der Waals surface area contributed by atoms with E-state index in [1.54, 1.807) is 17.6 Å². The van der Waals surface area contributed by atoms with Crippen LogP contribution in [0.3, 0.4) is 0 Å². The lowest BCUT2D eigenvalue weighted by molar-refractivity contribution is 0.0705. The maximum atomic E-state index is 13.1. The third kappa shape index (κ3) is 2.44. The summed E-state index contributed by atoms with van der Waals surface area (Å²) in [7, 11) is 0. The highest BCUT2D eigenvalue weighted by atomic mass is 19.1. The molecular formula is C16H16FN5O2. The van der Waals surface area contributed by atoms with Gasteiger partial charge < -0.3 is 9.80 Å². The molecule has 2 saturated heterocycles. The fourth-order valence-electron chi connectivity index (χ4n) is 3.51. The number of carbonyl (C=O) groups is 1. The molecule has 1 aromatic heterocycles. The number of halogens is 1. The Morgan fingerprint density at radius 3 is 2.33 bits per heavy atom. The molecule has 2 bridgehead atoms. The van der Waals surface area contributed by atoms with Crippen LogP contribution in [0.1, 0.15) is 16.8 Å². The maximum absolute atomic E-state index is 13.1. The number of benzene rings is 1. The van der Waals surface area contributed by atoms with Crippen LogP contribution in [0.25, 0.3) is 0 Å². The van der Waals surface area contributed by atoms with E-state index < -0.39 is 5.91 Å². The van der Waals surface area contributed by atoms with Crippen LogP contribution < -0.4 is 15.3 Å². The van der Waals surface area contributed by atoms with Crippen LogP contribution in [0, 0.1) is 5.82 Å². The van der Waals surface area contributed by atoms with Crippen molar-refractivity contribution < 1.29 is 14.4 Å². The van der Waals surface area contributed by atoms with Gasteiger partial charge in [0.25, 0.3) is 5.91 Å². The van der Waals surface area contributed by atoms with Gasteiger partial charge in [-0.1, -0.05) is 0 Å². The van der Waals surface area contributed by atoms with Gasteiger partial charge in [0.1, 0.15) is 5.82 Å². The number of piperazine rings is 1. The summed E-state index contributed by atoms with van der Waals surface area (Å²) in [4.78, 5) is 24.2. The Morgan fingerprint density at radius 2 is 1.75 bits per heavy atom. The van der Waals surface area contributed by atoms with Crippen LogP contribution in [0.15, 0.2) is 36.7 Å². The number of hydroxylamine groups is 1. The van der Waals surface area contributed by atoms with E-state index >= 15 is 0 Å². The van der Waals surface area contributed by atoms with Gasteiger partial charge in [0.2, 0.25) is 5.95 Å². The molecule has 0 radical (unpaired) electrons. The highest BCUT2D eigenvalue weighted by Crippen LogP contribution is 2.36. The monoisotopic (exact) mass is 329 g/mol. The van der Waals surface area contributed by atoms with Crippen LogP contribution >= 0.6 is 0 Å². The van der Waals surface area contributed by atoms with E-state index in [0.29, 0.717) is 12.0 Å². The number of rotatable bonds is 3. The molecule has 8 heteroatoms. The van der Waals surface area contributed by atoms with Gasteiger partial charge in [-0.25, -0.2) is 19.8 Å². The summed E-state index contributed by atoms with van der Waals surface area (Å²) < 4.78 is 13.1. The first-order chi connectivity index (χ1) is 11.7. The number of fused-ring (bicyclic) bond motifs is 2. The van der Waals surface area contributed by atoms with Crippen molar-refractivity contribution in [3.8, 4) is 0 Å². The van der Waals surface area contributed by atoms with Gasteiger partial charge in [0.15, 0.2) is 0 Å². The van der Waals surface area contributed by atoms with E-state index in [4.69, 9.17) is 5.21 Å². The summed E-state index contributed by atoms with van der Waals surface area (Å²) in [5, 5.41) is 8.62. The predicted molar refractivity (Wildman–Crippen MR) is 84.6 cm³/mol. The van der Waals surface area contributed by atoms with Crippen LogP contribution in [0.5, 0.6) is 0 Å². The lowest BCUT2D eigenvalue weighted by Crippen LogP contribution is -2.47. The smallest absolute Gasteiger partial charge is 0.277 e. The number of hydrogen-bond donors (Lipinski definition) is 2. The second kappa shape index (κ2) is 5.72. The Hall–Kier alpha value is -2.74.